The van der Waals surface area contributed by atoms with Gasteiger partial charge < -0.3 is 4.74 Å². The van der Waals surface area contributed by atoms with Crippen LogP contribution in [-0.4, -0.2) is 20.7 Å². The molecule has 2 aromatic carbocycles. The summed E-state index contributed by atoms with van der Waals surface area (Å²) in [6.07, 6.45) is -0.524. The molecule has 2 atom stereocenters. The smallest absolute Gasteiger partial charge is 0.412 e. The lowest BCUT2D eigenvalue weighted by Gasteiger charge is -2.27. The van der Waals surface area contributed by atoms with Gasteiger partial charge in [0.05, 0.1) is 21.8 Å². The zero-order chi connectivity index (χ0) is 20.9. The van der Waals surface area contributed by atoms with Gasteiger partial charge in [0.2, 0.25) is 0 Å². The van der Waals surface area contributed by atoms with Gasteiger partial charge in [0.15, 0.2) is 0 Å². The van der Waals surface area contributed by atoms with Gasteiger partial charge in [0.1, 0.15) is 5.60 Å². The lowest BCUT2D eigenvalue weighted by molar-refractivity contribution is 0.0635. The second-order valence-corrected chi connectivity index (χ2v) is 10.6. The maximum Gasteiger partial charge on any atom is 0.412 e. The van der Waals surface area contributed by atoms with Gasteiger partial charge in [-0.25, -0.2) is 13.7 Å². The van der Waals surface area contributed by atoms with Crippen LogP contribution in [0.1, 0.15) is 58.7 Å². The SMILES string of the molecule is CC(C)(C)OC(=O)Nc1ccccc1C(N[S@](=O)C(C)(C)C)c1ccccc1. The van der Waals surface area contributed by atoms with Crippen molar-refractivity contribution in [1.82, 2.24) is 4.72 Å². The molecule has 28 heavy (non-hydrogen) atoms. The fourth-order valence-electron chi connectivity index (χ4n) is 2.52. The first-order valence-corrected chi connectivity index (χ1v) is 10.4. The molecule has 0 aliphatic rings. The number of benzene rings is 2. The monoisotopic (exact) mass is 402 g/mol. The molecule has 1 amide bonds. The van der Waals surface area contributed by atoms with Crippen molar-refractivity contribution in [3.8, 4) is 0 Å². The maximum absolute atomic E-state index is 12.8. The minimum atomic E-state index is -1.30. The Morgan fingerprint density at radius 1 is 0.929 bits per heavy atom. The molecule has 0 saturated heterocycles. The summed E-state index contributed by atoms with van der Waals surface area (Å²) in [5, 5.41) is 2.83. The van der Waals surface area contributed by atoms with Crippen molar-refractivity contribution < 1.29 is 13.7 Å². The van der Waals surface area contributed by atoms with E-state index in [1.54, 1.807) is 0 Å². The molecular formula is C22H30N2O3S. The number of hydrogen-bond donors (Lipinski definition) is 2. The van der Waals surface area contributed by atoms with E-state index in [1.807, 2.05) is 96.1 Å². The standard InChI is InChI=1S/C22H30N2O3S/c1-21(2,3)27-20(25)23-18-15-11-10-14-17(18)19(16-12-8-7-9-13-16)24-28(26)22(4,5)6/h7-15,19,24H,1-6H3,(H,23,25)/t19?,28-/m1/s1. The molecule has 0 saturated carbocycles. The molecule has 0 spiro atoms. The first-order valence-electron chi connectivity index (χ1n) is 9.29. The first-order chi connectivity index (χ1) is 13.0. The molecule has 0 aliphatic heterocycles. The predicted octanol–water partition coefficient (Wildman–Crippen LogP) is 5.17. The second-order valence-electron chi connectivity index (χ2n) is 8.56. The molecule has 0 aliphatic carbocycles. The Hall–Kier alpha value is -2.18. The van der Waals surface area contributed by atoms with Crippen LogP contribution < -0.4 is 10.0 Å². The van der Waals surface area contributed by atoms with Crippen LogP contribution in [0.25, 0.3) is 0 Å². The zero-order valence-corrected chi connectivity index (χ0v) is 18.2. The van der Waals surface area contributed by atoms with Gasteiger partial charge in [0, 0.05) is 5.69 Å². The largest absolute Gasteiger partial charge is 0.444 e. The lowest BCUT2D eigenvalue weighted by Crippen LogP contribution is -2.36. The van der Waals surface area contributed by atoms with Crippen LogP contribution in [0.4, 0.5) is 10.5 Å². The minimum absolute atomic E-state index is 0.354. The van der Waals surface area contributed by atoms with Crippen LogP contribution in [0.15, 0.2) is 54.6 Å². The number of nitrogens with one attached hydrogen (secondary N) is 2. The average molecular weight is 403 g/mol. The van der Waals surface area contributed by atoms with E-state index < -0.39 is 27.4 Å². The average Bonchev–Trinajstić information content (AvgIpc) is 2.58. The molecule has 6 heteroatoms. The van der Waals surface area contributed by atoms with Gasteiger partial charge in [-0.05, 0) is 58.7 Å². The zero-order valence-electron chi connectivity index (χ0n) is 17.4. The van der Waals surface area contributed by atoms with Gasteiger partial charge in [-0.15, -0.1) is 0 Å². The van der Waals surface area contributed by atoms with E-state index in [0.29, 0.717) is 5.69 Å². The van der Waals surface area contributed by atoms with Crippen LogP contribution in [0, 0.1) is 0 Å². The third kappa shape index (κ3) is 6.46. The molecule has 0 aromatic heterocycles. The highest BCUT2D eigenvalue weighted by Crippen LogP contribution is 2.30. The van der Waals surface area contributed by atoms with Crippen LogP contribution in [-0.2, 0) is 15.7 Å². The highest BCUT2D eigenvalue weighted by Gasteiger charge is 2.26. The van der Waals surface area contributed by atoms with Crippen molar-refractivity contribution in [1.29, 1.82) is 0 Å². The topological polar surface area (TPSA) is 67.4 Å². The summed E-state index contributed by atoms with van der Waals surface area (Å²) in [6.45, 7) is 11.2. The second kappa shape index (κ2) is 8.88. The number of para-hydroxylation sites is 1. The van der Waals surface area contributed by atoms with Crippen LogP contribution in [0.2, 0.25) is 0 Å². The van der Waals surface area contributed by atoms with Gasteiger partial charge in [0.25, 0.3) is 0 Å². The number of anilines is 1. The third-order valence-corrected chi connectivity index (χ3v) is 5.38. The number of carbonyl (C=O) groups excluding carboxylic acids is 1. The predicted molar refractivity (Wildman–Crippen MR) is 116 cm³/mol. The summed E-state index contributed by atoms with van der Waals surface area (Å²) in [7, 11) is -1.30. The fraction of sp³-hybridized carbons (Fsp3) is 0.409. The van der Waals surface area contributed by atoms with E-state index in [0.717, 1.165) is 11.1 Å². The Morgan fingerprint density at radius 3 is 2.07 bits per heavy atom. The molecular weight excluding hydrogens is 372 g/mol. The molecule has 1 unspecified atom stereocenters. The van der Waals surface area contributed by atoms with Gasteiger partial charge >= 0.3 is 6.09 Å². The summed E-state index contributed by atoms with van der Waals surface area (Å²) in [5.41, 5.74) is 1.80. The first kappa shape index (κ1) is 22.1. The summed E-state index contributed by atoms with van der Waals surface area (Å²) in [5.74, 6) is 0. The Balaban J connectivity index is 2.41. The molecule has 2 rings (SSSR count). The van der Waals surface area contributed by atoms with E-state index in [2.05, 4.69) is 10.0 Å². The van der Waals surface area contributed by atoms with Crippen molar-refractivity contribution in [3.63, 3.8) is 0 Å². The highest BCUT2D eigenvalue weighted by molar-refractivity contribution is 7.84. The maximum atomic E-state index is 12.8. The molecule has 0 heterocycles. The van der Waals surface area contributed by atoms with Crippen LogP contribution in [0.5, 0.6) is 0 Å². The summed E-state index contributed by atoms with van der Waals surface area (Å²) >= 11 is 0. The number of amides is 1. The van der Waals surface area contributed by atoms with Crippen molar-refractivity contribution in [2.75, 3.05) is 5.32 Å². The summed E-state index contributed by atoms with van der Waals surface area (Å²) < 4.78 is 21.0. The highest BCUT2D eigenvalue weighted by atomic mass is 32.2. The Labute approximate surface area is 170 Å². The molecule has 5 nitrogen and oxygen atoms in total. The molecule has 2 aromatic rings. The molecule has 0 radical (unpaired) electrons. The summed E-state index contributed by atoms with van der Waals surface area (Å²) in [6, 6.07) is 16.9. The van der Waals surface area contributed by atoms with E-state index in [-0.39, 0.29) is 6.04 Å². The van der Waals surface area contributed by atoms with E-state index in [9.17, 15) is 9.00 Å². The number of hydrogen-bond acceptors (Lipinski definition) is 3. The number of rotatable bonds is 5. The lowest BCUT2D eigenvalue weighted by atomic mass is 9.98. The van der Waals surface area contributed by atoms with Crippen molar-refractivity contribution >= 4 is 22.8 Å². The normalized spacial score (nSPS) is 14.2. The third-order valence-electron chi connectivity index (χ3n) is 3.82. The van der Waals surface area contributed by atoms with E-state index >= 15 is 0 Å². The Bertz CT molecular complexity index is 824. The summed E-state index contributed by atoms with van der Waals surface area (Å²) in [4.78, 5) is 12.3. The van der Waals surface area contributed by atoms with Crippen molar-refractivity contribution in [2.45, 2.75) is 57.9 Å². The van der Waals surface area contributed by atoms with Gasteiger partial charge in [-0.3, -0.25) is 5.32 Å². The molecule has 152 valence electrons. The van der Waals surface area contributed by atoms with Crippen LogP contribution in [0.3, 0.4) is 0 Å². The fourth-order valence-corrected chi connectivity index (χ4v) is 3.35. The molecule has 0 bridgehead atoms. The van der Waals surface area contributed by atoms with Crippen LogP contribution >= 0.6 is 0 Å². The van der Waals surface area contributed by atoms with Gasteiger partial charge in [-0.1, -0.05) is 48.5 Å². The Kier molecular flexibility index (Phi) is 7.01. The Morgan fingerprint density at radius 2 is 1.50 bits per heavy atom. The van der Waals surface area contributed by atoms with E-state index in [1.165, 1.54) is 0 Å². The number of carbonyl (C=O) groups is 1. The van der Waals surface area contributed by atoms with E-state index in [4.69, 9.17) is 4.74 Å². The van der Waals surface area contributed by atoms with Crippen molar-refractivity contribution in [2.24, 2.45) is 0 Å². The molecule has 0 fully saturated rings. The molecule has 2 N–H and O–H groups in total. The van der Waals surface area contributed by atoms with Crippen molar-refractivity contribution in [3.05, 3.63) is 65.7 Å². The minimum Gasteiger partial charge on any atom is -0.444 e. The number of ether oxygens (including phenoxy) is 1. The van der Waals surface area contributed by atoms with Gasteiger partial charge in [-0.2, -0.15) is 0 Å². The quantitative estimate of drug-likeness (QED) is 0.724.